The Morgan fingerprint density at radius 2 is 2.42 bits per heavy atom. The summed E-state index contributed by atoms with van der Waals surface area (Å²) in [6.07, 6.45) is 1.72. The minimum absolute atomic E-state index is 0.00477. The summed E-state index contributed by atoms with van der Waals surface area (Å²) in [5.41, 5.74) is 2.21. The van der Waals surface area contributed by atoms with Crippen LogP contribution in [0.3, 0.4) is 0 Å². The van der Waals surface area contributed by atoms with Crippen molar-refractivity contribution in [3.8, 4) is 5.75 Å². The number of carboxylic acid groups (broad SMARTS) is 1. The molecule has 1 heterocycles. The molecule has 0 fully saturated rings. The molecule has 0 saturated carbocycles. The van der Waals surface area contributed by atoms with Crippen molar-refractivity contribution < 1.29 is 14.6 Å². The van der Waals surface area contributed by atoms with Crippen LogP contribution in [0.2, 0.25) is 0 Å². The van der Waals surface area contributed by atoms with Crippen molar-refractivity contribution in [3.63, 3.8) is 0 Å². The number of benzene rings is 1. The number of nitrogens with one attached hydrogen (secondary N) is 2. The average Bonchev–Trinajstić information content (AvgIpc) is 2.43. The monoisotopic (exact) mass is 264 g/mol. The molecule has 0 saturated heterocycles. The van der Waals surface area contributed by atoms with Gasteiger partial charge in [-0.05, 0) is 30.5 Å². The zero-order valence-electron chi connectivity index (χ0n) is 11.1. The summed E-state index contributed by atoms with van der Waals surface area (Å²) in [5.74, 6) is 0.0699. The summed E-state index contributed by atoms with van der Waals surface area (Å²) in [4.78, 5) is 10.6. The zero-order valence-corrected chi connectivity index (χ0v) is 11.1. The molecule has 5 nitrogen and oxygen atoms in total. The maximum absolute atomic E-state index is 10.6. The fraction of sp³-hybridized carbons (Fsp3) is 0.500. The molecule has 1 aromatic rings. The van der Waals surface area contributed by atoms with Crippen molar-refractivity contribution in [2.75, 3.05) is 25.0 Å². The van der Waals surface area contributed by atoms with Gasteiger partial charge in [-0.2, -0.15) is 0 Å². The van der Waals surface area contributed by atoms with Crippen molar-refractivity contribution in [1.29, 1.82) is 0 Å². The Hall–Kier alpha value is -1.75. The highest BCUT2D eigenvalue weighted by Crippen LogP contribution is 2.28. The molecule has 19 heavy (non-hydrogen) atoms. The fourth-order valence-electron chi connectivity index (χ4n) is 2.19. The van der Waals surface area contributed by atoms with Gasteiger partial charge < -0.3 is 20.5 Å². The second-order valence-electron chi connectivity index (χ2n) is 4.69. The van der Waals surface area contributed by atoms with Gasteiger partial charge in [0.2, 0.25) is 0 Å². The van der Waals surface area contributed by atoms with Crippen molar-refractivity contribution >= 4 is 11.7 Å². The molecule has 2 rings (SSSR count). The van der Waals surface area contributed by atoms with Gasteiger partial charge in [-0.3, -0.25) is 4.79 Å². The van der Waals surface area contributed by atoms with E-state index in [0.29, 0.717) is 6.61 Å². The quantitative estimate of drug-likeness (QED) is 0.726. The molecule has 1 atom stereocenters. The molecule has 1 aromatic carbocycles. The number of carboxylic acids is 1. The number of anilines is 1. The molecule has 3 N–H and O–H groups in total. The lowest BCUT2D eigenvalue weighted by Crippen LogP contribution is -2.34. The summed E-state index contributed by atoms with van der Waals surface area (Å²) >= 11 is 0. The van der Waals surface area contributed by atoms with Crippen LogP contribution < -0.4 is 15.4 Å². The van der Waals surface area contributed by atoms with Crippen molar-refractivity contribution in [1.82, 2.24) is 5.32 Å². The third-order valence-corrected chi connectivity index (χ3v) is 3.24. The summed E-state index contributed by atoms with van der Waals surface area (Å²) < 4.78 is 5.53. The first-order valence-electron chi connectivity index (χ1n) is 6.64. The van der Waals surface area contributed by atoms with Gasteiger partial charge >= 0.3 is 5.97 Å². The molecule has 1 aliphatic rings. The summed E-state index contributed by atoms with van der Waals surface area (Å²) in [7, 11) is 0. The molecule has 0 bridgehead atoms. The number of ether oxygens (including phenoxy) is 1. The third-order valence-electron chi connectivity index (χ3n) is 3.24. The SMILES string of the molecule is CCC(Cc1ccc2c(c1)NCCO2)NCC(=O)O. The zero-order chi connectivity index (χ0) is 13.7. The van der Waals surface area contributed by atoms with Gasteiger partial charge in [0.1, 0.15) is 12.4 Å². The smallest absolute Gasteiger partial charge is 0.317 e. The Labute approximate surface area is 113 Å². The second-order valence-corrected chi connectivity index (χ2v) is 4.69. The summed E-state index contributed by atoms with van der Waals surface area (Å²) in [6, 6.07) is 6.27. The lowest BCUT2D eigenvalue weighted by Gasteiger charge is -2.21. The second kappa shape index (κ2) is 6.43. The predicted molar refractivity (Wildman–Crippen MR) is 73.8 cm³/mol. The predicted octanol–water partition coefficient (Wildman–Crippen LogP) is 1.49. The van der Waals surface area contributed by atoms with E-state index in [1.807, 2.05) is 12.1 Å². The van der Waals surface area contributed by atoms with Gasteiger partial charge in [0.25, 0.3) is 0 Å². The number of hydrogen-bond donors (Lipinski definition) is 3. The van der Waals surface area contributed by atoms with E-state index >= 15 is 0 Å². The first kappa shape index (κ1) is 13.7. The van der Waals surface area contributed by atoms with Gasteiger partial charge in [-0.25, -0.2) is 0 Å². The minimum Gasteiger partial charge on any atom is -0.490 e. The fourth-order valence-corrected chi connectivity index (χ4v) is 2.19. The van der Waals surface area contributed by atoms with Gasteiger partial charge in [-0.1, -0.05) is 13.0 Å². The molecular weight excluding hydrogens is 244 g/mol. The Morgan fingerprint density at radius 1 is 1.58 bits per heavy atom. The van der Waals surface area contributed by atoms with Crippen LogP contribution in [-0.2, 0) is 11.2 Å². The molecule has 0 aliphatic carbocycles. The van der Waals surface area contributed by atoms with Crippen LogP contribution in [-0.4, -0.2) is 36.8 Å². The number of carbonyl (C=O) groups is 1. The molecular formula is C14H20N2O3. The minimum atomic E-state index is -0.820. The van der Waals surface area contributed by atoms with Crippen molar-refractivity contribution in [2.24, 2.45) is 0 Å². The van der Waals surface area contributed by atoms with E-state index in [1.165, 1.54) is 5.56 Å². The number of fused-ring (bicyclic) bond motifs is 1. The van der Waals surface area contributed by atoms with Crippen LogP contribution in [0.5, 0.6) is 5.75 Å². The van der Waals surface area contributed by atoms with E-state index in [2.05, 4.69) is 23.6 Å². The number of hydrogen-bond acceptors (Lipinski definition) is 4. The molecule has 5 heteroatoms. The van der Waals surface area contributed by atoms with Crippen molar-refractivity contribution in [3.05, 3.63) is 23.8 Å². The number of rotatable bonds is 6. The Morgan fingerprint density at radius 3 is 3.16 bits per heavy atom. The molecule has 104 valence electrons. The van der Waals surface area contributed by atoms with Crippen LogP contribution in [0.25, 0.3) is 0 Å². The van der Waals surface area contributed by atoms with Crippen LogP contribution in [0.4, 0.5) is 5.69 Å². The summed E-state index contributed by atoms with van der Waals surface area (Å²) in [6.45, 7) is 3.58. The van der Waals surface area contributed by atoms with Gasteiger partial charge in [0, 0.05) is 12.6 Å². The first-order chi connectivity index (χ1) is 9.19. The number of aliphatic carboxylic acids is 1. The largest absolute Gasteiger partial charge is 0.490 e. The Balaban J connectivity index is 1.99. The molecule has 0 amide bonds. The van der Waals surface area contributed by atoms with Crippen molar-refractivity contribution in [2.45, 2.75) is 25.8 Å². The lowest BCUT2D eigenvalue weighted by molar-refractivity contribution is -0.136. The van der Waals surface area contributed by atoms with Gasteiger partial charge in [-0.15, -0.1) is 0 Å². The first-order valence-corrected chi connectivity index (χ1v) is 6.64. The van der Waals surface area contributed by atoms with E-state index in [-0.39, 0.29) is 12.6 Å². The molecule has 0 spiro atoms. The molecule has 0 radical (unpaired) electrons. The third kappa shape index (κ3) is 3.86. The summed E-state index contributed by atoms with van der Waals surface area (Å²) in [5, 5.41) is 15.0. The van der Waals surface area contributed by atoms with E-state index < -0.39 is 5.97 Å². The van der Waals surface area contributed by atoms with E-state index in [4.69, 9.17) is 9.84 Å². The molecule has 1 unspecified atom stereocenters. The van der Waals surface area contributed by atoms with E-state index in [9.17, 15) is 4.79 Å². The molecule has 0 aromatic heterocycles. The van der Waals surface area contributed by atoms with E-state index in [0.717, 1.165) is 30.8 Å². The van der Waals surface area contributed by atoms with Crippen LogP contribution >= 0.6 is 0 Å². The average molecular weight is 264 g/mol. The normalized spacial score (nSPS) is 15.0. The van der Waals surface area contributed by atoms with Crippen LogP contribution in [0, 0.1) is 0 Å². The Bertz CT molecular complexity index is 448. The highest BCUT2D eigenvalue weighted by Gasteiger charge is 2.13. The van der Waals surface area contributed by atoms with Crippen LogP contribution in [0.1, 0.15) is 18.9 Å². The molecule has 1 aliphatic heterocycles. The van der Waals surface area contributed by atoms with Gasteiger partial charge in [0.05, 0.1) is 12.2 Å². The Kier molecular flexibility index (Phi) is 4.63. The lowest BCUT2D eigenvalue weighted by atomic mass is 10.0. The maximum atomic E-state index is 10.6. The maximum Gasteiger partial charge on any atom is 0.317 e. The highest BCUT2D eigenvalue weighted by molar-refractivity contribution is 5.69. The standard InChI is InChI=1S/C14H20N2O3/c1-2-11(16-9-14(17)18)7-10-3-4-13-12(8-10)15-5-6-19-13/h3-4,8,11,15-16H,2,5-7,9H2,1H3,(H,17,18). The van der Waals surface area contributed by atoms with Crippen LogP contribution in [0.15, 0.2) is 18.2 Å². The topological polar surface area (TPSA) is 70.6 Å². The van der Waals surface area contributed by atoms with E-state index in [1.54, 1.807) is 0 Å². The van der Waals surface area contributed by atoms with Gasteiger partial charge in [0.15, 0.2) is 0 Å². The highest BCUT2D eigenvalue weighted by atomic mass is 16.5.